The molecular weight excluding hydrogens is 440 g/mol. The predicted octanol–water partition coefficient (Wildman–Crippen LogP) is 4.50. The fraction of sp³-hybridized carbons (Fsp3) is 0.250. The highest BCUT2D eigenvalue weighted by atomic mass is 16.5. The first kappa shape index (κ1) is 22.7. The molecule has 0 radical (unpaired) electrons. The Morgan fingerprint density at radius 2 is 1.86 bits per heavy atom. The number of amides is 2. The van der Waals surface area contributed by atoms with Crippen LogP contribution in [0.1, 0.15) is 24.7 Å². The highest BCUT2D eigenvalue weighted by Crippen LogP contribution is 2.34. The Labute approximate surface area is 204 Å². The SMILES string of the molecule is CC[C@@H](C(=O)Nc1cccc(CCc2nc3ccccc3n2C)c1)N1C(=O)COc2ccccc21. The zero-order valence-electron chi connectivity index (χ0n) is 19.9. The van der Waals surface area contributed by atoms with Crippen molar-refractivity contribution in [3.8, 4) is 5.75 Å². The summed E-state index contributed by atoms with van der Waals surface area (Å²) in [6.07, 6.45) is 2.07. The Hall–Kier alpha value is -4.13. The minimum atomic E-state index is -0.629. The Morgan fingerprint density at radius 1 is 1.06 bits per heavy atom. The molecule has 35 heavy (non-hydrogen) atoms. The molecule has 178 valence electrons. The van der Waals surface area contributed by atoms with E-state index in [1.54, 1.807) is 4.90 Å². The topological polar surface area (TPSA) is 76.5 Å². The normalized spacial score (nSPS) is 13.9. The standard InChI is InChI=1S/C28H28N4O3/c1-3-22(32-24-13-6-7-14-25(24)35-18-27(32)33)28(34)29-20-10-8-9-19(17-20)15-16-26-30-21-11-4-5-12-23(21)31(26)2/h4-14,17,22H,3,15-16,18H2,1-2H3,(H,29,34)/t22-/m0/s1. The van der Waals surface area contributed by atoms with Gasteiger partial charge >= 0.3 is 0 Å². The van der Waals surface area contributed by atoms with Crippen molar-refractivity contribution >= 4 is 34.2 Å². The lowest BCUT2D eigenvalue weighted by Crippen LogP contribution is -2.51. The fourth-order valence-electron chi connectivity index (χ4n) is 4.65. The molecule has 0 spiro atoms. The molecule has 1 aliphatic heterocycles. The van der Waals surface area contributed by atoms with E-state index in [4.69, 9.17) is 9.72 Å². The van der Waals surface area contributed by atoms with Gasteiger partial charge in [-0.05, 0) is 54.8 Å². The van der Waals surface area contributed by atoms with E-state index < -0.39 is 6.04 Å². The van der Waals surface area contributed by atoms with Gasteiger partial charge in [0.25, 0.3) is 5.91 Å². The lowest BCUT2D eigenvalue weighted by molar-refractivity contribution is -0.125. The average Bonchev–Trinajstić information content (AvgIpc) is 3.20. The van der Waals surface area contributed by atoms with E-state index in [1.807, 2.05) is 74.6 Å². The molecule has 0 saturated heterocycles. The van der Waals surface area contributed by atoms with Crippen molar-refractivity contribution in [2.75, 3.05) is 16.8 Å². The van der Waals surface area contributed by atoms with E-state index in [0.29, 0.717) is 23.5 Å². The number of fused-ring (bicyclic) bond motifs is 2. The summed E-state index contributed by atoms with van der Waals surface area (Å²) in [5, 5.41) is 3.02. The molecule has 0 saturated carbocycles. The van der Waals surface area contributed by atoms with E-state index in [1.165, 1.54) is 0 Å². The minimum Gasteiger partial charge on any atom is -0.482 e. The van der Waals surface area contributed by atoms with Gasteiger partial charge in [0.05, 0.1) is 16.7 Å². The zero-order chi connectivity index (χ0) is 24.4. The molecular formula is C28H28N4O3. The van der Waals surface area contributed by atoms with Crippen LogP contribution in [0.25, 0.3) is 11.0 Å². The molecule has 2 heterocycles. The van der Waals surface area contributed by atoms with Crippen molar-refractivity contribution in [1.29, 1.82) is 0 Å². The summed E-state index contributed by atoms with van der Waals surface area (Å²) in [6.45, 7) is 1.83. The molecule has 7 heteroatoms. The van der Waals surface area contributed by atoms with E-state index >= 15 is 0 Å². The van der Waals surface area contributed by atoms with E-state index in [9.17, 15) is 9.59 Å². The van der Waals surface area contributed by atoms with Gasteiger partial charge in [-0.2, -0.15) is 0 Å². The number of para-hydroxylation sites is 4. The molecule has 1 aromatic heterocycles. The summed E-state index contributed by atoms with van der Waals surface area (Å²) < 4.78 is 7.66. The van der Waals surface area contributed by atoms with Crippen LogP contribution in [-0.4, -0.2) is 34.0 Å². The lowest BCUT2D eigenvalue weighted by atomic mass is 10.1. The van der Waals surface area contributed by atoms with Crippen molar-refractivity contribution in [1.82, 2.24) is 9.55 Å². The largest absolute Gasteiger partial charge is 0.482 e. The van der Waals surface area contributed by atoms with E-state index in [-0.39, 0.29) is 18.4 Å². The van der Waals surface area contributed by atoms with Gasteiger partial charge < -0.3 is 14.6 Å². The second-order valence-electron chi connectivity index (χ2n) is 8.71. The first-order valence-electron chi connectivity index (χ1n) is 11.9. The quantitative estimate of drug-likeness (QED) is 0.433. The maximum absolute atomic E-state index is 13.3. The average molecular weight is 469 g/mol. The summed E-state index contributed by atoms with van der Waals surface area (Å²) in [6, 6.07) is 22.7. The number of benzene rings is 3. The van der Waals surface area contributed by atoms with Crippen molar-refractivity contribution in [2.24, 2.45) is 7.05 Å². The van der Waals surface area contributed by atoms with Crippen LogP contribution in [0.2, 0.25) is 0 Å². The lowest BCUT2D eigenvalue weighted by Gasteiger charge is -2.34. The smallest absolute Gasteiger partial charge is 0.265 e. The van der Waals surface area contributed by atoms with Crippen LogP contribution >= 0.6 is 0 Å². The maximum atomic E-state index is 13.3. The fourth-order valence-corrected chi connectivity index (χ4v) is 4.65. The minimum absolute atomic E-state index is 0.0710. The molecule has 3 aromatic carbocycles. The number of ether oxygens (including phenoxy) is 1. The first-order valence-corrected chi connectivity index (χ1v) is 11.9. The summed E-state index contributed by atoms with van der Waals surface area (Å²) >= 11 is 0. The second-order valence-corrected chi connectivity index (χ2v) is 8.71. The van der Waals surface area contributed by atoms with E-state index in [0.717, 1.165) is 35.3 Å². The molecule has 1 aliphatic rings. The van der Waals surface area contributed by atoms with E-state index in [2.05, 4.69) is 22.0 Å². The van der Waals surface area contributed by atoms with Crippen LogP contribution in [0.15, 0.2) is 72.8 Å². The molecule has 0 unspecified atom stereocenters. The van der Waals surface area contributed by atoms with Crippen LogP contribution < -0.4 is 15.0 Å². The highest BCUT2D eigenvalue weighted by Gasteiger charge is 2.34. The van der Waals surface area contributed by atoms with Crippen LogP contribution in [0, 0.1) is 0 Å². The van der Waals surface area contributed by atoms with Crippen molar-refractivity contribution in [3.05, 3.63) is 84.2 Å². The van der Waals surface area contributed by atoms with Gasteiger partial charge in [-0.15, -0.1) is 0 Å². The molecule has 0 fully saturated rings. The number of aryl methyl sites for hydroxylation is 3. The molecule has 5 rings (SSSR count). The van der Waals surface area contributed by atoms with Gasteiger partial charge in [-0.25, -0.2) is 4.98 Å². The van der Waals surface area contributed by atoms with Gasteiger partial charge in [-0.1, -0.05) is 43.3 Å². The van der Waals surface area contributed by atoms with Gasteiger partial charge in [0.15, 0.2) is 6.61 Å². The summed E-state index contributed by atoms with van der Waals surface area (Å²) in [5.74, 6) is 1.20. The zero-order valence-corrected chi connectivity index (χ0v) is 19.9. The number of carbonyl (C=O) groups excluding carboxylic acids is 2. The summed E-state index contributed by atoms with van der Waals surface area (Å²) in [7, 11) is 2.04. The number of rotatable bonds is 7. The molecule has 0 bridgehead atoms. The second kappa shape index (κ2) is 9.62. The van der Waals surface area contributed by atoms with Gasteiger partial charge in [0.1, 0.15) is 17.6 Å². The van der Waals surface area contributed by atoms with Gasteiger partial charge in [0.2, 0.25) is 5.91 Å². The maximum Gasteiger partial charge on any atom is 0.265 e. The molecule has 4 aromatic rings. The van der Waals surface area contributed by atoms with Crippen LogP contribution in [-0.2, 0) is 29.5 Å². The van der Waals surface area contributed by atoms with Crippen LogP contribution in [0.3, 0.4) is 0 Å². The number of carbonyl (C=O) groups is 2. The van der Waals surface area contributed by atoms with Gasteiger partial charge in [0, 0.05) is 19.2 Å². The Balaban J connectivity index is 1.30. The highest BCUT2D eigenvalue weighted by molar-refractivity contribution is 6.07. The monoisotopic (exact) mass is 468 g/mol. The molecule has 1 N–H and O–H groups in total. The van der Waals surface area contributed by atoms with Crippen LogP contribution in [0.5, 0.6) is 5.75 Å². The molecule has 7 nitrogen and oxygen atoms in total. The number of anilines is 2. The third-order valence-corrected chi connectivity index (χ3v) is 6.46. The van der Waals surface area contributed by atoms with Crippen molar-refractivity contribution in [3.63, 3.8) is 0 Å². The number of aromatic nitrogens is 2. The Morgan fingerprint density at radius 3 is 2.69 bits per heavy atom. The van der Waals surface area contributed by atoms with Gasteiger partial charge in [-0.3, -0.25) is 14.5 Å². The number of hydrogen-bond acceptors (Lipinski definition) is 4. The Bertz CT molecular complexity index is 1390. The summed E-state index contributed by atoms with van der Waals surface area (Å²) in [4.78, 5) is 32.3. The van der Waals surface area contributed by atoms with Crippen LogP contribution in [0.4, 0.5) is 11.4 Å². The number of hydrogen-bond donors (Lipinski definition) is 1. The number of imidazole rings is 1. The van der Waals surface area contributed by atoms with Crippen molar-refractivity contribution in [2.45, 2.75) is 32.2 Å². The number of nitrogens with one attached hydrogen (secondary N) is 1. The summed E-state index contributed by atoms with van der Waals surface area (Å²) in [5.41, 5.74) is 4.56. The third kappa shape index (κ3) is 4.49. The first-order chi connectivity index (χ1) is 17.0. The Kier molecular flexibility index (Phi) is 6.23. The number of nitrogens with zero attached hydrogens (tertiary/aromatic N) is 3. The molecule has 2 amide bonds. The predicted molar refractivity (Wildman–Crippen MR) is 137 cm³/mol. The molecule has 0 aliphatic carbocycles. The molecule has 1 atom stereocenters. The third-order valence-electron chi connectivity index (χ3n) is 6.46. The van der Waals surface area contributed by atoms with Crippen molar-refractivity contribution < 1.29 is 14.3 Å².